The first-order chi connectivity index (χ1) is 13.3. The first-order valence-electron chi connectivity index (χ1n) is 10.3. The molecular weight excluding hydrogens is 374 g/mol. The number of nitrogens with one attached hydrogen (secondary N) is 1. The molecule has 1 amide bonds. The Hall–Kier alpha value is -1.89. The number of piperidine rings is 1. The number of rotatable bonds is 6. The summed E-state index contributed by atoms with van der Waals surface area (Å²) < 4.78 is 28.7. The number of amides is 1. The second-order valence-electron chi connectivity index (χ2n) is 8.41. The smallest absolute Gasteiger partial charge is 0.285 e. The van der Waals surface area contributed by atoms with Crippen LogP contribution in [0.3, 0.4) is 0 Å². The van der Waals surface area contributed by atoms with Crippen molar-refractivity contribution < 1.29 is 13.2 Å². The van der Waals surface area contributed by atoms with Crippen molar-refractivity contribution in [1.82, 2.24) is 10.2 Å². The summed E-state index contributed by atoms with van der Waals surface area (Å²) in [7, 11) is -3.63. The lowest BCUT2D eigenvalue weighted by Crippen LogP contribution is -2.47. The molecule has 2 aliphatic heterocycles. The van der Waals surface area contributed by atoms with Crippen LogP contribution in [0.1, 0.15) is 58.4 Å². The molecule has 1 N–H and O–H groups in total. The Morgan fingerprint density at radius 2 is 2.00 bits per heavy atom. The second-order valence-corrected chi connectivity index (χ2v) is 9.98. The van der Waals surface area contributed by atoms with Crippen molar-refractivity contribution in [2.45, 2.75) is 63.8 Å². The van der Waals surface area contributed by atoms with Gasteiger partial charge in [0, 0.05) is 24.7 Å². The van der Waals surface area contributed by atoms with E-state index in [1.807, 2.05) is 11.0 Å². The molecule has 154 valence electrons. The number of carbonyl (C=O) groups is 1. The summed E-state index contributed by atoms with van der Waals surface area (Å²) >= 11 is 0. The fraction of sp³-hybridized carbons (Fsp3) is 0.619. The van der Waals surface area contributed by atoms with Gasteiger partial charge < -0.3 is 10.2 Å². The monoisotopic (exact) mass is 405 g/mol. The minimum atomic E-state index is -3.63. The molecule has 0 unspecified atom stereocenters. The standard InChI is InChI=1S/C21H31N3O3S/c1-15(2)8-6-9-16(3)22-21(25)17-10-7-13-24(14-17)20-18-11-4-5-12-19(18)28(26,27)23-20/h4-5,11-12,15-17H,6-10,13-14H2,1-3H3,(H,22,25)/t16-,17-/m0/s1. The lowest BCUT2D eigenvalue weighted by atomic mass is 9.95. The molecule has 0 radical (unpaired) electrons. The zero-order valence-corrected chi connectivity index (χ0v) is 17.8. The van der Waals surface area contributed by atoms with Crippen LogP contribution in [-0.4, -0.2) is 44.2 Å². The number of carbonyl (C=O) groups excluding carboxylic acids is 1. The van der Waals surface area contributed by atoms with Gasteiger partial charge in [0.15, 0.2) is 5.84 Å². The zero-order chi connectivity index (χ0) is 20.3. The van der Waals surface area contributed by atoms with Crippen LogP contribution in [0.25, 0.3) is 0 Å². The molecule has 3 rings (SSSR count). The van der Waals surface area contributed by atoms with Gasteiger partial charge in [-0.25, -0.2) is 0 Å². The summed E-state index contributed by atoms with van der Waals surface area (Å²) in [5.74, 6) is 1.09. The second kappa shape index (κ2) is 8.64. The Balaban J connectivity index is 1.63. The molecule has 7 heteroatoms. The van der Waals surface area contributed by atoms with Crippen molar-refractivity contribution in [1.29, 1.82) is 0 Å². The van der Waals surface area contributed by atoms with Crippen LogP contribution in [0.15, 0.2) is 33.6 Å². The van der Waals surface area contributed by atoms with Crippen LogP contribution in [-0.2, 0) is 14.8 Å². The van der Waals surface area contributed by atoms with Crippen molar-refractivity contribution in [3.63, 3.8) is 0 Å². The number of sulfonamides is 1. The van der Waals surface area contributed by atoms with E-state index in [-0.39, 0.29) is 22.8 Å². The van der Waals surface area contributed by atoms with Gasteiger partial charge in [-0.05, 0) is 44.2 Å². The predicted octanol–water partition coefficient (Wildman–Crippen LogP) is 3.18. The van der Waals surface area contributed by atoms with Crippen molar-refractivity contribution in [3.05, 3.63) is 29.8 Å². The normalized spacial score (nSPS) is 21.9. The summed E-state index contributed by atoms with van der Waals surface area (Å²) in [6.07, 6.45) is 4.94. The molecule has 2 aliphatic rings. The summed E-state index contributed by atoms with van der Waals surface area (Å²) in [4.78, 5) is 15.0. The van der Waals surface area contributed by atoms with Crippen LogP contribution in [0.5, 0.6) is 0 Å². The lowest BCUT2D eigenvalue weighted by Gasteiger charge is -2.34. The van der Waals surface area contributed by atoms with E-state index in [0.29, 0.717) is 23.9 Å². The highest BCUT2D eigenvalue weighted by atomic mass is 32.2. The van der Waals surface area contributed by atoms with Crippen molar-refractivity contribution in [2.75, 3.05) is 13.1 Å². The van der Waals surface area contributed by atoms with E-state index in [4.69, 9.17) is 0 Å². The first-order valence-corrected chi connectivity index (χ1v) is 11.7. The van der Waals surface area contributed by atoms with Crippen LogP contribution in [0, 0.1) is 11.8 Å². The number of hydrogen-bond donors (Lipinski definition) is 1. The molecule has 28 heavy (non-hydrogen) atoms. The van der Waals surface area contributed by atoms with Crippen molar-refractivity contribution in [3.8, 4) is 0 Å². The molecule has 6 nitrogen and oxygen atoms in total. The van der Waals surface area contributed by atoms with Crippen molar-refractivity contribution in [2.24, 2.45) is 16.2 Å². The summed E-state index contributed by atoms with van der Waals surface area (Å²) in [5.41, 5.74) is 0.644. The average Bonchev–Trinajstić information content (AvgIpc) is 2.93. The Bertz CT molecular complexity index is 848. The molecule has 1 aromatic rings. The fourth-order valence-corrected chi connectivity index (χ4v) is 5.19. The summed E-state index contributed by atoms with van der Waals surface area (Å²) in [6, 6.07) is 7.07. The van der Waals surface area contributed by atoms with E-state index in [0.717, 1.165) is 32.2 Å². The number of fused-ring (bicyclic) bond motifs is 1. The van der Waals surface area contributed by atoms with Crippen LogP contribution >= 0.6 is 0 Å². The minimum Gasteiger partial charge on any atom is -0.355 e. The van der Waals surface area contributed by atoms with E-state index in [2.05, 4.69) is 30.5 Å². The molecule has 1 aromatic carbocycles. The largest absolute Gasteiger partial charge is 0.355 e. The van der Waals surface area contributed by atoms with Crippen molar-refractivity contribution >= 4 is 21.8 Å². The molecule has 1 fully saturated rings. The summed E-state index contributed by atoms with van der Waals surface area (Å²) in [5, 5.41) is 3.15. The third-order valence-electron chi connectivity index (χ3n) is 5.51. The zero-order valence-electron chi connectivity index (χ0n) is 17.0. The van der Waals surface area contributed by atoms with Gasteiger partial charge in [-0.15, -0.1) is 4.40 Å². The molecule has 0 spiro atoms. The van der Waals surface area contributed by atoms with Crippen LogP contribution in [0.4, 0.5) is 0 Å². The van der Waals surface area contributed by atoms with Gasteiger partial charge in [-0.2, -0.15) is 8.42 Å². The maximum Gasteiger partial charge on any atom is 0.285 e. The average molecular weight is 406 g/mol. The topological polar surface area (TPSA) is 78.8 Å². The Labute approximate surface area is 168 Å². The number of likely N-dealkylation sites (tertiary alicyclic amines) is 1. The first kappa shape index (κ1) is 20.8. The predicted molar refractivity (Wildman–Crippen MR) is 111 cm³/mol. The molecule has 0 saturated carbocycles. The molecular formula is C21H31N3O3S. The molecule has 2 atom stereocenters. The van der Waals surface area contributed by atoms with E-state index >= 15 is 0 Å². The quantitative estimate of drug-likeness (QED) is 0.788. The van der Waals surface area contributed by atoms with E-state index in [1.54, 1.807) is 18.2 Å². The van der Waals surface area contributed by atoms with Gasteiger partial charge in [0.25, 0.3) is 10.0 Å². The Morgan fingerprint density at radius 3 is 2.75 bits per heavy atom. The third kappa shape index (κ3) is 4.74. The molecule has 1 saturated heterocycles. The van der Waals surface area contributed by atoms with Gasteiger partial charge in [0.2, 0.25) is 5.91 Å². The Kier molecular flexibility index (Phi) is 6.43. The van der Waals surface area contributed by atoms with E-state index in [1.165, 1.54) is 6.42 Å². The fourth-order valence-electron chi connectivity index (χ4n) is 3.97. The number of benzene rings is 1. The lowest BCUT2D eigenvalue weighted by molar-refractivity contribution is -0.126. The molecule has 0 aromatic heterocycles. The van der Waals surface area contributed by atoms with E-state index in [9.17, 15) is 13.2 Å². The van der Waals surface area contributed by atoms with Gasteiger partial charge in [0.05, 0.1) is 5.92 Å². The maximum absolute atomic E-state index is 12.7. The highest BCUT2D eigenvalue weighted by molar-refractivity contribution is 7.90. The van der Waals surface area contributed by atoms with Crippen LogP contribution < -0.4 is 5.32 Å². The van der Waals surface area contributed by atoms with Gasteiger partial charge in [-0.3, -0.25) is 4.79 Å². The number of nitrogens with zero attached hydrogens (tertiary/aromatic N) is 2. The van der Waals surface area contributed by atoms with Gasteiger partial charge in [-0.1, -0.05) is 38.8 Å². The van der Waals surface area contributed by atoms with E-state index < -0.39 is 10.0 Å². The Morgan fingerprint density at radius 1 is 1.25 bits per heavy atom. The molecule has 0 bridgehead atoms. The summed E-state index contributed by atoms with van der Waals surface area (Å²) in [6.45, 7) is 7.71. The number of hydrogen-bond acceptors (Lipinski definition) is 4. The van der Waals surface area contributed by atoms with Crippen LogP contribution in [0.2, 0.25) is 0 Å². The maximum atomic E-state index is 12.7. The minimum absolute atomic E-state index is 0.0662. The third-order valence-corrected chi connectivity index (χ3v) is 6.84. The highest BCUT2D eigenvalue weighted by Crippen LogP contribution is 2.29. The highest BCUT2D eigenvalue weighted by Gasteiger charge is 2.35. The molecule has 0 aliphatic carbocycles. The SMILES string of the molecule is CC(C)CCC[C@H](C)NC(=O)[C@H]1CCCN(C2=NS(=O)(=O)c3ccccc32)C1. The number of amidine groups is 1. The molecule has 2 heterocycles. The van der Waals surface area contributed by atoms with Gasteiger partial charge in [0.1, 0.15) is 4.90 Å². The van der Waals surface area contributed by atoms with Gasteiger partial charge >= 0.3 is 0 Å².